The second kappa shape index (κ2) is 6.35. The van der Waals surface area contributed by atoms with Crippen molar-refractivity contribution >= 4 is 0 Å². The highest BCUT2D eigenvalue weighted by molar-refractivity contribution is 5.37. The molecule has 0 N–H and O–H groups in total. The Hall–Kier alpha value is -1.74. The molecule has 1 aliphatic heterocycles. The Labute approximate surface area is 127 Å². The SMILES string of the molecule is CC(C)N1CCC(Oc2ccc(-n3cccc3)cc2)CC1. The third-order valence-corrected chi connectivity index (χ3v) is 4.25. The molecular weight excluding hydrogens is 260 g/mol. The van der Waals surface area contributed by atoms with Gasteiger partial charge in [-0.3, -0.25) is 0 Å². The number of benzene rings is 1. The summed E-state index contributed by atoms with van der Waals surface area (Å²) in [5.74, 6) is 0.980. The lowest BCUT2D eigenvalue weighted by atomic mass is 10.1. The summed E-state index contributed by atoms with van der Waals surface area (Å²) in [6.07, 6.45) is 6.71. The third kappa shape index (κ3) is 3.48. The number of likely N-dealkylation sites (tertiary alicyclic amines) is 1. The van der Waals surface area contributed by atoms with Crippen LogP contribution in [0.25, 0.3) is 5.69 Å². The zero-order valence-electron chi connectivity index (χ0n) is 12.9. The number of piperidine rings is 1. The molecule has 0 unspecified atom stereocenters. The fourth-order valence-electron chi connectivity index (χ4n) is 2.91. The Kier molecular flexibility index (Phi) is 4.30. The molecule has 3 nitrogen and oxygen atoms in total. The van der Waals surface area contributed by atoms with Crippen LogP contribution >= 0.6 is 0 Å². The Morgan fingerprint density at radius 3 is 2.19 bits per heavy atom. The highest BCUT2D eigenvalue weighted by Gasteiger charge is 2.21. The first-order valence-corrected chi connectivity index (χ1v) is 7.86. The lowest BCUT2D eigenvalue weighted by Crippen LogP contribution is -2.41. The van der Waals surface area contributed by atoms with Crippen LogP contribution in [0.2, 0.25) is 0 Å². The van der Waals surface area contributed by atoms with E-state index in [1.807, 2.05) is 12.1 Å². The van der Waals surface area contributed by atoms with Crippen molar-refractivity contribution < 1.29 is 4.74 Å². The molecule has 2 heterocycles. The standard InChI is InChI=1S/C18H24N2O/c1-15(2)19-13-9-18(10-14-19)21-17-7-5-16(6-8-17)20-11-3-4-12-20/h3-8,11-12,15,18H,9-10,13-14H2,1-2H3. The van der Waals surface area contributed by atoms with E-state index in [4.69, 9.17) is 4.74 Å². The number of aromatic nitrogens is 1. The molecule has 0 saturated carbocycles. The summed E-state index contributed by atoms with van der Waals surface area (Å²) < 4.78 is 8.22. The smallest absolute Gasteiger partial charge is 0.119 e. The maximum Gasteiger partial charge on any atom is 0.119 e. The van der Waals surface area contributed by atoms with Gasteiger partial charge in [0, 0.05) is 37.2 Å². The molecule has 0 aliphatic carbocycles. The molecule has 0 spiro atoms. The van der Waals surface area contributed by atoms with Gasteiger partial charge in [0.25, 0.3) is 0 Å². The van der Waals surface area contributed by atoms with Crippen LogP contribution in [0.5, 0.6) is 5.75 Å². The maximum absolute atomic E-state index is 6.12. The molecule has 3 heteroatoms. The van der Waals surface area contributed by atoms with Crippen molar-refractivity contribution in [3.63, 3.8) is 0 Å². The van der Waals surface area contributed by atoms with Crippen LogP contribution in [0.3, 0.4) is 0 Å². The van der Waals surface area contributed by atoms with Crippen LogP contribution in [0.4, 0.5) is 0 Å². The first-order chi connectivity index (χ1) is 10.2. The second-order valence-corrected chi connectivity index (χ2v) is 6.03. The van der Waals surface area contributed by atoms with Gasteiger partial charge >= 0.3 is 0 Å². The van der Waals surface area contributed by atoms with Gasteiger partial charge in [0.2, 0.25) is 0 Å². The average molecular weight is 284 g/mol. The molecule has 1 aromatic heterocycles. The normalized spacial score (nSPS) is 17.3. The molecule has 1 aliphatic rings. The number of hydrogen-bond acceptors (Lipinski definition) is 2. The fourth-order valence-corrected chi connectivity index (χ4v) is 2.91. The van der Waals surface area contributed by atoms with Gasteiger partial charge < -0.3 is 14.2 Å². The van der Waals surface area contributed by atoms with Crippen LogP contribution < -0.4 is 4.74 Å². The van der Waals surface area contributed by atoms with Gasteiger partial charge in [-0.25, -0.2) is 0 Å². The van der Waals surface area contributed by atoms with Crippen molar-refractivity contribution in [1.29, 1.82) is 0 Å². The van der Waals surface area contributed by atoms with Crippen molar-refractivity contribution in [2.45, 2.75) is 38.8 Å². The average Bonchev–Trinajstić information content (AvgIpc) is 3.03. The van der Waals surface area contributed by atoms with E-state index in [9.17, 15) is 0 Å². The van der Waals surface area contributed by atoms with Crippen LogP contribution in [0.1, 0.15) is 26.7 Å². The number of nitrogens with zero attached hydrogens (tertiary/aromatic N) is 2. The van der Waals surface area contributed by atoms with Gasteiger partial charge in [-0.2, -0.15) is 0 Å². The van der Waals surface area contributed by atoms with Crippen molar-refractivity contribution in [3.05, 3.63) is 48.8 Å². The molecule has 112 valence electrons. The quantitative estimate of drug-likeness (QED) is 0.851. The zero-order chi connectivity index (χ0) is 14.7. The van der Waals surface area contributed by atoms with Crippen LogP contribution in [-0.2, 0) is 0 Å². The zero-order valence-corrected chi connectivity index (χ0v) is 12.9. The highest BCUT2D eigenvalue weighted by Crippen LogP contribution is 2.21. The van der Waals surface area contributed by atoms with Gasteiger partial charge in [0.05, 0.1) is 0 Å². The van der Waals surface area contributed by atoms with Gasteiger partial charge in [-0.15, -0.1) is 0 Å². The van der Waals surface area contributed by atoms with Crippen LogP contribution in [0, 0.1) is 0 Å². The van der Waals surface area contributed by atoms with E-state index in [1.54, 1.807) is 0 Å². The van der Waals surface area contributed by atoms with E-state index in [0.29, 0.717) is 12.1 Å². The molecule has 0 radical (unpaired) electrons. The minimum Gasteiger partial charge on any atom is -0.490 e. The molecule has 0 bridgehead atoms. The molecule has 0 atom stereocenters. The van der Waals surface area contributed by atoms with Gasteiger partial charge in [0.15, 0.2) is 0 Å². The summed E-state index contributed by atoms with van der Waals surface area (Å²) in [7, 11) is 0. The van der Waals surface area contributed by atoms with E-state index >= 15 is 0 Å². The van der Waals surface area contributed by atoms with E-state index < -0.39 is 0 Å². The second-order valence-electron chi connectivity index (χ2n) is 6.03. The van der Waals surface area contributed by atoms with Gasteiger partial charge in [-0.05, 0) is 63.1 Å². The molecule has 1 aromatic carbocycles. The van der Waals surface area contributed by atoms with Crippen molar-refractivity contribution in [3.8, 4) is 11.4 Å². The van der Waals surface area contributed by atoms with E-state index in [1.165, 1.54) is 5.69 Å². The van der Waals surface area contributed by atoms with E-state index in [-0.39, 0.29) is 0 Å². The summed E-state index contributed by atoms with van der Waals surface area (Å²) in [5, 5.41) is 0. The lowest BCUT2D eigenvalue weighted by Gasteiger charge is -2.34. The topological polar surface area (TPSA) is 17.4 Å². The minimum absolute atomic E-state index is 0.359. The summed E-state index contributed by atoms with van der Waals surface area (Å²) in [5.41, 5.74) is 1.17. The summed E-state index contributed by atoms with van der Waals surface area (Å²) in [4.78, 5) is 2.52. The lowest BCUT2D eigenvalue weighted by molar-refractivity contribution is 0.0843. The number of rotatable bonds is 4. The van der Waals surface area contributed by atoms with E-state index in [0.717, 1.165) is 31.7 Å². The fraction of sp³-hybridized carbons (Fsp3) is 0.444. The maximum atomic E-state index is 6.12. The largest absolute Gasteiger partial charge is 0.490 e. The molecule has 3 rings (SSSR count). The predicted molar refractivity (Wildman–Crippen MR) is 86.1 cm³/mol. The Bertz CT molecular complexity index is 537. The van der Waals surface area contributed by atoms with Crippen LogP contribution in [-0.4, -0.2) is 34.7 Å². The van der Waals surface area contributed by atoms with Gasteiger partial charge in [-0.1, -0.05) is 0 Å². The van der Waals surface area contributed by atoms with Crippen molar-refractivity contribution in [2.75, 3.05) is 13.1 Å². The Balaban J connectivity index is 1.57. The van der Waals surface area contributed by atoms with Crippen molar-refractivity contribution in [2.24, 2.45) is 0 Å². The van der Waals surface area contributed by atoms with Gasteiger partial charge in [0.1, 0.15) is 11.9 Å². The Morgan fingerprint density at radius 1 is 1.00 bits per heavy atom. The third-order valence-electron chi connectivity index (χ3n) is 4.25. The molecule has 21 heavy (non-hydrogen) atoms. The van der Waals surface area contributed by atoms with Crippen LogP contribution in [0.15, 0.2) is 48.8 Å². The van der Waals surface area contributed by atoms with E-state index in [2.05, 4.69) is 60.0 Å². The molecular formula is C18H24N2O. The highest BCUT2D eigenvalue weighted by atomic mass is 16.5. The number of ether oxygens (including phenoxy) is 1. The monoisotopic (exact) mass is 284 g/mol. The first-order valence-electron chi connectivity index (χ1n) is 7.86. The van der Waals surface area contributed by atoms with Crippen molar-refractivity contribution in [1.82, 2.24) is 9.47 Å². The first kappa shape index (κ1) is 14.2. The molecule has 0 amide bonds. The summed E-state index contributed by atoms with van der Waals surface area (Å²) in [6, 6.07) is 13.1. The predicted octanol–water partition coefficient (Wildman–Crippen LogP) is 3.73. The minimum atomic E-state index is 0.359. The Morgan fingerprint density at radius 2 is 1.62 bits per heavy atom. The summed E-state index contributed by atoms with van der Waals surface area (Å²) >= 11 is 0. The summed E-state index contributed by atoms with van der Waals surface area (Å²) in [6.45, 7) is 6.82. The molecule has 2 aromatic rings. The molecule has 1 fully saturated rings. The molecule has 1 saturated heterocycles. The number of hydrogen-bond donors (Lipinski definition) is 0.